The van der Waals surface area contributed by atoms with Crippen LogP contribution >= 0.6 is 0 Å². The van der Waals surface area contributed by atoms with Crippen molar-refractivity contribution in [3.05, 3.63) is 45.9 Å². The van der Waals surface area contributed by atoms with Crippen molar-refractivity contribution in [3.63, 3.8) is 0 Å². The number of pyridine rings is 1. The Bertz CT molecular complexity index is 1060. The van der Waals surface area contributed by atoms with E-state index >= 15 is 0 Å². The number of ether oxygens (including phenoxy) is 1. The molecule has 0 radical (unpaired) electrons. The molecule has 3 rings (SSSR count). The molecule has 0 aliphatic carbocycles. The number of fused-ring (bicyclic) bond motifs is 3. The molecule has 0 saturated carbocycles. The molecule has 128 valence electrons. The van der Waals surface area contributed by atoms with Gasteiger partial charge in [0.05, 0.1) is 18.7 Å². The van der Waals surface area contributed by atoms with Crippen LogP contribution in [0.2, 0.25) is 0 Å². The Balaban J connectivity index is 2.22. The SMILES string of the molecule is CCOC(=O)c1c[nH]c2c(=O)[nH]c3ccc(C#CCN(C)C)cc3c12. The van der Waals surface area contributed by atoms with Crippen LogP contribution in [-0.4, -0.2) is 48.1 Å². The number of esters is 1. The van der Waals surface area contributed by atoms with E-state index in [0.29, 0.717) is 28.5 Å². The fraction of sp³-hybridized carbons (Fsp3) is 0.263. The fourth-order valence-corrected chi connectivity index (χ4v) is 2.67. The molecule has 0 aliphatic heterocycles. The zero-order valence-corrected chi connectivity index (χ0v) is 14.4. The first-order valence-corrected chi connectivity index (χ1v) is 7.99. The second-order valence-electron chi connectivity index (χ2n) is 5.93. The molecule has 0 spiro atoms. The summed E-state index contributed by atoms with van der Waals surface area (Å²) in [4.78, 5) is 32.1. The predicted octanol–water partition coefficient (Wildman–Crippen LogP) is 2.10. The number of hydrogen-bond acceptors (Lipinski definition) is 4. The molecule has 0 fully saturated rings. The van der Waals surface area contributed by atoms with Crippen molar-refractivity contribution in [2.45, 2.75) is 6.92 Å². The lowest BCUT2D eigenvalue weighted by Crippen LogP contribution is -2.10. The van der Waals surface area contributed by atoms with Crippen LogP contribution in [0.15, 0.2) is 29.2 Å². The highest BCUT2D eigenvalue weighted by Gasteiger charge is 2.18. The highest BCUT2D eigenvalue weighted by atomic mass is 16.5. The van der Waals surface area contributed by atoms with Crippen molar-refractivity contribution in [1.82, 2.24) is 14.9 Å². The van der Waals surface area contributed by atoms with Gasteiger partial charge in [-0.15, -0.1) is 0 Å². The minimum atomic E-state index is -0.454. The van der Waals surface area contributed by atoms with E-state index in [-0.39, 0.29) is 12.2 Å². The number of carbonyl (C=O) groups excluding carboxylic acids is 1. The van der Waals surface area contributed by atoms with E-state index in [1.54, 1.807) is 13.0 Å². The van der Waals surface area contributed by atoms with Crippen LogP contribution in [0.4, 0.5) is 0 Å². The van der Waals surface area contributed by atoms with E-state index in [2.05, 4.69) is 21.8 Å². The third kappa shape index (κ3) is 3.28. The molecule has 25 heavy (non-hydrogen) atoms. The summed E-state index contributed by atoms with van der Waals surface area (Å²) < 4.78 is 5.10. The summed E-state index contributed by atoms with van der Waals surface area (Å²) >= 11 is 0. The van der Waals surface area contributed by atoms with Crippen molar-refractivity contribution < 1.29 is 9.53 Å². The normalized spacial score (nSPS) is 10.9. The average molecular weight is 337 g/mol. The van der Waals surface area contributed by atoms with Gasteiger partial charge in [-0.1, -0.05) is 11.8 Å². The lowest BCUT2D eigenvalue weighted by Gasteiger charge is -2.04. The maximum Gasteiger partial charge on any atom is 0.340 e. The number of aromatic nitrogens is 2. The number of aromatic amines is 2. The summed E-state index contributed by atoms with van der Waals surface area (Å²) in [5, 5.41) is 1.32. The van der Waals surface area contributed by atoms with Crippen LogP contribution in [0.25, 0.3) is 21.8 Å². The molecule has 0 bridgehead atoms. The Morgan fingerprint density at radius 1 is 1.32 bits per heavy atom. The molecule has 6 heteroatoms. The number of nitrogens with one attached hydrogen (secondary N) is 2. The third-order valence-electron chi connectivity index (χ3n) is 3.77. The molecular weight excluding hydrogens is 318 g/mol. The molecule has 2 aromatic heterocycles. The van der Waals surface area contributed by atoms with E-state index in [0.717, 1.165) is 10.9 Å². The standard InChI is InChI=1S/C19H19N3O3/c1-4-25-19(24)14-11-20-17-16(14)13-10-12(6-5-9-22(2)3)7-8-15(13)21-18(17)23/h7-8,10-11,20H,4,9H2,1-3H3,(H,21,23). The first kappa shape index (κ1) is 16.8. The summed E-state index contributed by atoms with van der Waals surface area (Å²) in [6, 6.07) is 5.54. The van der Waals surface area contributed by atoms with Gasteiger partial charge in [0.15, 0.2) is 0 Å². The molecule has 0 aliphatic rings. The summed E-state index contributed by atoms with van der Waals surface area (Å²) in [6.45, 7) is 2.67. The number of rotatable bonds is 3. The molecule has 0 saturated heterocycles. The third-order valence-corrected chi connectivity index (χ3v) is 3.77. The first-order chi connectivity index (χ1) is 12.0. The Hall–Kier alpha value is -3.04. The minimum absolute atomic E-state index is 0.272. The molecule has 0 atom stereocenters. The van der Waals surface area contributed by atoms with Gasteiger partial charge in [-0.2, -0.15) is 0 Å². The van der Waals surface area contributed by atoms with E-state index < -0.39 is 5.97 Å². The van der Waals surface area contributed by atoms with Gasteiger partial charge in [-0.05, 0) is 39.2 Å². The number of H-pyrrole nitrogens is 2. The topological polar surface area (TPSA) is 78.2 Å². The smallest absolute Gasteiger partial charge is 0.340 e. The van der Waals surface area contributed by atoms with Crippen LogP contribution in [0.5, 0.6) is 0 Å². The van der Waals surface area contributed by atoms with Gasteiger partial charge in [0, 0.05) is 28.0 Å². The van der Waals surface area contributed by atoms with Gasteiger partial charge >= 0.3 is 5.97 Å². The van der Waals surface area contributed by atoms with Gasteiger partial charge in [-0.25, -0.2) is 4.79 Å². The predicted molar refractivity (Wildman–Crippen MR) is 97.8 cm³/mol. The van der Waals surface area contributed by atoms with E-state index in [1.807, 2.05) is 31.1 Å². The largest absolute Gasteiger partial charge is 0.462 e. The van der Waals surface area contributed by atoms with E-state index in [4.69, 9.17) is 4.74 Å². The molecule has 0 amide bonds. The summed E-state index contributed by atoms with van der Waals surface area (Å²) in [5.41, 5.74) is 1.91. The zero-order valence-electron chi connectivity index (χ0n) is 14.4. The Labute approximate surface area is 144 Å². The monoisotopic (exact) mass is 337 g/mol. The summed E-state index contributed by atoms with van der Waals surface area (Å²) in [5.74, 6) is 5.73. The fourth-order valence-electron chi connectivity index (χ4n) is 2.67. The number of carbonyl (C=O) groups is 1. The minimum Gasteiger partial charge on any atom is -0.462 e. The molecule has 0 unspecified atom stereocenters. The van der Waals surface area contributed by atoms with Crippen LogP contribution in [-0.2, 0) is 4.74 Å². The lowest BCUT2D eigenvalue weighted by atomic mass is 10.0. The highest BCUT2D eigenvalue weighted by Crippen LogP contribution is 2.26. The summed E-state index contributed by atoms with van der Waals surface area (Å²) in [7, 11) is 3.91. The van der Waals surface area contributed by atoms with Gasteiger partial charge in [-0.3, -0.25) is 9.69 Å². The summed E-state index contributed by atoms with van der Waals surface area (Å²) in [6.07, 6.45) is 1.52. The molecule has 1 aromatic carbocycles. The second-order valence-corrected chi connectivity index (χ2v) is 5.93. The van der Waals surface area contributed by atoms with Crippen LogP contribution < -0.4 is 5.56 Å². The Morgan fingerprint density at radius 3 is 2.84 bits per heavy atom. The second kappa shape index (κ2) is 6.83. The van der Waals surface area contributed by atoms with Gasteiger partial charge in [0.2, 0.25) is 0 Å². The number of nitrogens with zero attached hydrogens (tertiary/aromatic N) is 1. The average Bonchev–Trinajstić information content (AvgIpc) is 3.01. The van der Waals surface area contributed by atoms with Crippen LogP contribution in [0.3, 0.4) is 0 Å². The van der Waals surface area contributed by atoms with Crippen molar-refractivity contribution in [2.24, 2.45) is 0 Å². The highest BCUT2D eigenvalue weighted by molar-refractivity contribution is 6.15. The van der Waals surface area contributed by atoms with Gasteiger partial charge in [0.1, 0.15) is 5.52 Å². The van der Waals surface area contributed by atoms with Crippen molar-refractivity contribution in [3.8, 4) is 11.8 Å². The molecule has 2 N–H and O–H groups in total. The van der Waals surface area contributed by atoms with Crippen LogP contribution in [0.1, 0.15) is 22.8 Å². The molecule has 6 nitrogen and oxygen atoms in total. The molecule has 3 aromatic rings. The van der Waals surface area contributed by atoms with Gasteiger partial charge in [0.25, 0.3) is 5.56 Å². The Morgan fingerprint density at radius 2 is 2.12 bits per heavy atom. The zero-order chi connectivity index (χ0) is 18.0. The van der Waals surface area contributed by atoms with Crippen molar-refractivity contribution in [2.75, 3.05) is 27.2 Å². The maximum atomic E-state index is 12.2. The van der Waals surface area contributed by atoms with Crippen molar-refractivity contribution >= 4 is 27.8 Å². The first-order valence-electron chi connectivity index (χ1n) is 7.99. The molecule has 2 heterocycles. The Kier molecular flexibility index (Phi) is 4.59. The number of benzene rings is 1. The number of hydrogen-bond donors (Lipinski definition) is 2. The lowest BCUT2D eigenvalue weighted by molar-refractivity contribution is 0.0529. The van der Waals surface area contributed by atoms with Crippen molar-refractivity contribution in [1.29, 1.82) is 0 Å². The van der Waals surface area contributed by atoms with E-state index in [1.165, 1.54) is 6.20 Å². The molecular formula is C19H19N3O3. The van der Waals surface area contributed by atoms with Crippen LogP contribution in [0, 0.1) is 11.8 Å². The van der Waals surface area contributed by atoms with E-state index in [9.17, 15) is 9.59 Å². The van der Waals surface area contributed by atoms with Gasteiger partial charge < -0.3 is 14.7 Å². The maximum absolute atomic E-state index is 12.2. The quantitative estimate of drug-likeness (QED) is 0.567.